The maximum absolute atomic E-state index is 12.2. The van der Waals surface area contributed by atoms with Crippen molar-refractivity contribution in [3.8, 4) is 0 Å². The van der Waals surface area contributed by atoms with Gasteiger partial charge in [0.05, 0.1) is 15.5 Å². The molecule has 0 aliphatic heterocycles. The summed E-state index contributed by atoms with van der Waals surface area (Å²) in [7, 11) is -2.31. The standard InChI is InChI=1S/C17H19ClN2O3S2/c1-19-25(22,23)14-7-8-16(18)15(11-14)17(21)20-9-10-24-12-13-5-3-2-4-6-13/h2-8,11,19H,9-10,12H2,1H3,(H,20,21). The second kappa shape index (κ2) is 9.24. The fraction of sp³-hybridized carbons (Fsp3) is 0.235. The van der Waals surface area contributed by atoms with E-state index in [-0.39, 0.29) is 15.5 Å². The summed E-state index contributed by atoms with van der Waals surface area (Å²) in [4.78, 5) is 12.2. The van der Waals surface area contributed by atoms with Crippen LogP contribution in [0, 0.1) is 0 Å². The fourth-order valence-electron chi connectivity index (χ4n) is 2.06. The van der Waals surface area contributed by atoms with Crippen LogP contribution in [0.4, 0.5) is 0 Å². The number of carbonyl (C=O) groups excluding carboxylic acids is 1. The Morgan fingerprint density at radius 2 is 1.88 bits per heavy atom. The zero-order valence-corrected chi connectivity index (χ0v) is 16.0. The van der Waals surface area contributed by atoms with Gasteiger partial charge in [0.25, 0.3) is 5.91 Å². The SMILES string of the molecule is CNS(=O)(=O)c1ccc(Cl)c(C(=O)NCCSCc2ccccc2)c1. The maximum Gasteiger partial charge on any atom is 0.252 e. The van der Waals surface area contributed by atoms with Gasteiger partial charge in [0.2, 0.25) is 10.0 Å². The molecule has 8 heteroatoms. The van der Waals surface area contributed by atoms with Gasteiger partial charge in [0.15, 0.2) is 0 Å². The fourth-order valence-corrected chi connectivity index (χ4v) is 3.84. The molecular weight excluding hydrogens is 380 g/mol. The van der Waals surface area contributed by atoms with Gasteiger partial charge in [-0.05, 0) is 30.8 Å². The molecule has 2 aromatic carbocycles. The van der Waals surface area contributed by atoms with Crippen molar-refractivity contribution in [3.05, 3.63) is 64.7 Å². The molecule has 5 nitrogen and oxygen atoms in total. The van der Waals surface area contributed by atoms with Crippen LogP contribution >= 0.6 is 23.4 Å². The van der Waals surface area contributed by atoms with Crippen molar-refractivity contribution in [2.45, 2.75) is 10.6 Å². The topological polar surface area (TPSA) is 75.3 Å². The van der Waals surface area contributed by atoms with E-state index in [2.05, 4.69) is 22.2 Å². The van der Waals surface area contributed by atoms with E-state index in [1.165, 1.54) is 30.8 Å². The minimum Gasteiger partial charge on any atom is -0.351 e. The van der Waals surface area contributed by atoms with Gasteiger partial charge in [-0.2, -0.15) is 11.8 Å². The molecule has 2 aromatic rings. The zero-order valence-electron chi connectivity index (χ0n) is 13.7. The minimum atomic E-state index is -3.62. The van der Waals surface area contributed by atoms with Crippen LogP contribution in [0.1, 0.15) is 15.9 Å². The van der Waals surface area contributed by atoms with Gasteiger partial charge in [-0.15, -0.1) is 0 Å². The molecule has 2 rings (SSSR count). The molecule has 0 heterocycles. The number of nitrogens with one attached hydrogen (secondary N) is 2. The molecule has 25 heavy (non-hydrogen) atoms. The first-order valence-electron chi connectivity index (χ1n) is 7.57. The number of carbonyl (C=O) groups is 1. The van der Waals surface area contributed by atoms with Gasteiger partial charge in [-0.25, -0.2) is 13.1 Å². The van der Waals surface area contributed by atoms with Crippen LogP contribution in [0.2, 0.25) is 5.02 Å². The molecule has 1 amide bonds. The van der Waals surface area contributed by atoms with E-state index in [4.69, 9.17) is 11.6 Å². The van der Waals surface area contributed by atoms with Gasteiger partial charge in [0, 0.05) is 18.1 Å². The summed E-state index contributed by atoms with van der Waals surface area (Å²) < 4.78 is 25.9. The quantitative estimate of drug-likeness (QED) is 0.670. The summed E-state index contributed by atoms with van der Waals surface area (Å²) in [6.07, 6.45) is 0. The molecule has 0 aromatic heterocycles. The van der Waals surface area contributed by atoms with E-state index in [9.17, 15) is 13.2 Å². The third kappa shape index (κ3) is 5.74. The van der Waals surface area contributed by atoms with Crippen molar-refractivity contribution < 1.29 is 13.2 Å². The van der Waals surface area contributed by atoms with Crippen LogP contribution in [0.5, 0.6) is 0 Å². The molecular formula is C17H19ClN2O3S2. The molecule has 0 unspecified atom stereocenters. The van der Waals surface area contributed by atoms with Crippen LogP contribution in [0.25, 0.3) is 0 Å². The molecule has 2 N–H and O–H groups in total. The van der Waals surface area contributed by atoms with Crippen molar-refractivity contribution in [1.29, 1.82) is 0 Å². The first-order chi connectivity index (χ1) is 11.9. The maximum atomic E-state index is 12.2. The Labute approximate surface area is 157 Å². The predicted molar refractivity (Wildman–Crippen MR) is 103 cm³/mol. The number of benzene rings is 2. The number of rotatable bonds is 8. The third-order valence-corrected chi connectivity index (χ3v) is 6.18. The highest BCUT2D eigenvalue weighted by Gasteiger charge is 2.17. The number of halogens is 1. The average Bonchev–Trinajstić information content (AvgIpc) is 2.62. The van der Waals surface area contributed by atoms with E-state index in [1.807, 2.05) is 18.2 Å². The number of thioether (sulfide) groups is 1. The van der Waals surface area contributed by atoms with Gasteiger partial charge in [-0.3, -0.25) is 4.79 Å². The van der Waals surface area contributed by atoms with E-state index in [0.717, 1.165) is 11.5 Å². The molecule has 0 aliphatic rings. The number of amides is 1. The van der Waals surface area contributed by atoms with Gasteiger partial charge in [0.1, 0.15) is 0 Å². The summed E-state index contributed by atoms with van der Waals surface area (Å²) in [5.74, 6) is 1.22. The molecule has 0 spiro atoms. The average molecular weight is 399 g/mol. The molecule has 0 fully saturated rings. The molecule has 0 saturated carbocycles. The lowest BCUT2D eigenvalue weighted by Gasteiger charge is -2.09. The van der Waals surface area contributed by atoms with Gasteiger partial charge < -0.3 is 5.32 Å². The first-order valence-corrected chi connectivity index (χ1v) is 10.6. The minimum absolute atomic E-state index is 0.00278. The van der Waals surface area contributed by atoms with Crippen LogP contribution in [-0.2, 0) is 15.8 Å². The lowest BCUT2D eigenvalue weighted by atomic mass is 10.2. The van der Waals surface area contributed by atoms with E-state index in [0.29, 0.717) is 6.54 Å². The second-order valence-corrected chi connectivity index (χ2v) is 8.54. The Bertz CT molecular complexity index is 827. The summed E-state index contributed by atoms with van der Waals surface area (Å²) in [6, 6.07) is 14.1. The van der Waals surface area contributed by atoms with E-state index < -0.39 is 15.9 Å². The Morgan fingerprint density at radius 3 is 2.56 bits per heavy atom. The number of hydrogen-bond donors (Lipinski definition) is 2. The third-order valence-electron chi connectivity index (χ3n) is 3.40. The molecule has 0 aliphatic carbocycles. The van der Waals surface area contributed by atoms with E-state index >= 15 is 0 Å². The predicted octanol–water partition coefficient (Wildman–Crippen LogP) is 2.91. The Hall–Kier alpha value is -1.54. The van der Waals surface area contributed by atoms with Crippen molar-refractivity contribution in [3.63, 3.8) is 0 Å². The summed E-state index contributed by atoms with van der Waals surface area (Å²) >= 11 is 7.73. The molecule has 0 radical (unpaired) electrons. The highest BCUT2D eigenvalue weighted by molar-refractivity contribution is 7.98. The normalized spacial score (nSPS) is 11.3. The Kier molecular flexibility index (Phi) is 7.31. The van der Waals surface area contributed by atoms with Crippen molar-refractivity contribution in [2.24, 2.45) is 0 Å². The monoisotopic (exact) mass is 398 g/mol. The molecule has 134 valence electrons. The summed E-state index contributed by atoms with van der Waals surface area (Å²) in [5.41, 5.74) is 1.37. The zero-order chi connectivity index (χ0) is 18.3. The highest BCUT2D eigenvalue weighted by Crippen LogP contribution is 2.20. The van der Waals surface area contributed by atoms with Crippen LogP contribution in [0.15, 0.2) is 53.4 Å². The van der Waals surface area contributed by atoms with Gasteiger partial charge >= 0.3 is 0 Å². The second-order valence-electron chi connectivity index (χ2n) is 5.14. The lowest BCUT2D eigenvalue weighted by molar-refractivity contribution is 0.0956. The van der Waals surface area contributed by atoms with Crippen LogP contribution < -0.4 is 10.0 Å². The van der Waals surface area contributed by atoms with Gasteiger partial charge in [-0.1, -0.05) is 41.9 Å². The van der Waals surface area contributed by atoms with Crippen LogP contribution in [0.3, 0.4) is 0 Å². The van der Waals surface area contributed by atoms with Crippen molar-refractivity contribution >= 4 is 39.3 Å². The summed E-state index contributed by atoms with van der Waals surface area (Å²) in [6.45, 7) is 0.468. The van der Waals surface area contributed by atoms with Crippen LogP contribution in [-0.4, -0.2) is 33.7 Å². The molecule has 0 atom stereocenters. The highest BCUT2D eigenvalue weighted by atomic mass is 35.5. The lowest BCUT2D eigenvalue weighted by Crippen LogP contribution is -2.26. The largest absolute Gasteiger partial charge is 0.351 e. The summed E-state index contributed by atoms with van der Waals surface area (Å²) in [5, 5.41) is 2.98. The number of sulfonamides is 1. The Balaban J connectivity index is 1.89. The smallest absolute Gasteiger partial charge is 0.252 e. The first kappa shape index (κ1) is 19.8. The Morgan fingerprint density at radius 1 is 1.16 bits per heavy atom. The molecule has 0 bridgehead atoms. The van der Waals surface area contributed by atoms with E-state index in [1.54, 1.807) is 11.8 Å². The molecule has 0 saturated heterocycles. The number of hydrogen-bond acceptors (Lipinski definition) is 4. The van der Waals surface area contributed by atoms with Crippen molar-refractivity contribution in [1.82, 2.24) is 10.0 Å². The van der Waals surface area contributed by atoms with Crippen molar-refractivity contribution in [2.75, 3.05) is 19.3 Å².